The zero-order valence-corrected chi connectivity index (χ0v) is 16.3. The minimum atomic E-state index is 0.730. The fourth-order valence-electron chi connectivity index (χ4n) is 3.70. The van der Waals surface area contributed by atoms with E-state index in [2.05, 4.69) is 92.3 Å². The van der Waals surface area contributed by atoms with Crippen molar-refractivity contribution >= 4 is 11.3 Å². The number of H-pyrrole nitrogens is 1. The molecule has 5 aromatic rings. The molecule has 144 valence electrons. The van der Waals surface area contributed by atoms with Crippen LogP contribution >= 0.6 is 0 Å². The molecule has 0 amide bonds. The molecule has 0 spiro atoms. The zero-order chi connectivity index (χ0) is 20.2. The second-order valence-corrected chi connectivity index (χ2v) is 6.88. The van der Waals surface area contributed by atoms with Gasteiger partial charge in [-0.1, -0.05) is 91.0 Å². The molecule has 4 heteroatoms. The second-order valence-electron chi connectivity index (χ2n) is 6.88. The Bertz CT molecular complexity index is 1210. The molecule has 1 N–H and O–H groups in total. The van der Waals surface area contributed by atoms with Gasteiger partial charge in [-0.25, -0.2) is 9.97 Å². The number of imidazole rings is 2. The lowest BCUT2D eigenvalue weighted by Crippen LogP contribution is -2.06. The average molecular weight is 388 g/mol. The number of hydrogen-bond acceptors (Lipinski definition) is 2. The van der Waals surface area contributed by atoms with E-state index >= 15 is 0 Å². The summed E-state index contributed by atoms with van der Waals surface area (Å²) in [5.41, 5.74) is 5.57. The lowest BCUT2D eigenvalue weighted by atomic mass is 9.93. The highest BCUT2D eigenvalue weighted by molar-refractivity contribution is 5.99. The molecule has 0 aliphatic heterocycles. The van der Waals surface area contributed by atoms with Gasteiger partial charge in [0.2, 0.25) is 0 Å². The van der Waals surface area contributed by atoms with Gasteiger partial charge in [0.05, 0.1) is 5.70 Å². The first-order chi connectivity index (χ1) is 14.9. The Hall–Kier alpha value is -4.18. The summed E-state index contributed by atoms with van der Waals surface area (Å²) in [6, 6.07) is 31.4. The van der Waals surface area contributed by atoms with E-state index in [-0.39, 0.29) is 0 Å². The molecule has 0 saturated carbocycles. The van der Waals surface area contributed by atoms with Crippen molar-refractivity contribution in [2.45, 2.75) is 0 Å². The molecule has 0 unspecified atom stereocenters. The van der Waals surface area contributed by atoms with E-state index in [1.807, 2.05) is 36.8 Å². The topological polar surface area (TPSA) is 46.5 Å². The van der Waals surface area contributed by atoms with E-state index in [4.69, 9.17) is 0 Å². The van der Waals surface area contributed by atoms with Crippen LogP contribution in [0.2, 0.25) is 0 Å². The molecule has 5 rings (SSSR count). The van der Waals surface area contributed by atoms with Gasteiger partial charge in [0.25, 0.3) is 0 Å². The van der Waals surface area contributed by atoms with Gasteiger partial charge < -0.3 is 4.98 Å². The van der Waals surface area contributed by atoms with Gasteiger partial charge in [-0.2, -0.15) is 0 Å². The molecule has 4 nitrogen and oxygen atoms in total. The zero-order valence-electron chi connectivity index (χ0n) is 16.3. The molecular formula is C26H20N4. The number of benzene rings is 3. The van der Waals surface area contributed by atoms with Crippen LogP contribution in [0, 0.1) is 0 Å². The van der Waals surface area contributed by atoms with Crippen molar-refractivity contribution in [3.05, 3.63) is 132 Å². The highest BCUT2D eigenvalue weighted by Crippen LogP contribution is 2.35. The Morgan fingerprint density at radius 2 is 1.20 bits per heavy atom. The summed E-state index contributed by atoms with van der Waals surface area (Å²) in [7, 11) is 0. The lowest BCUT2D eigenvalue weighted by molar-refractivity contribution is 1.07. The van der Waals surface area contributed by atoms with Crippen molar-refractivity contribution in [2.24, 2.45) is 0 Å². The third-order valence-corrected chi connectivity index (χ3v) is 5.00. The molecule has 0 bridgehead atoms. The lowest BCUT2D eigenvalue weighted by Gasteiger charge is -2.19. The number of rotatable bonds is 5. The van der Waals surface area contributed by atoms with Crippen LogP contribution in [-0.4, -0.2) is 19.5 Å². The summed E-state index contributed by atoms with van der Waals surface area (Å²) < 4.78 is 2.11. The summed E-state index contributed by atoms with van der Waals surface area (Å²) in [5.74, 6) is 1.50. The SMILES string of the molecule is c1ccc(C(=C(c2ccccc2)n2ccnc2-c2ncc[nH]2)c2ccccc2)cc1. The molecule has 2 aromatic heterocycles. The van der Waals surface area contributed by atoms with Crippen molar-refractivity contribution < 1.29 is 0 Å². The Balaban J connectivity index is 1.88. The Labute approximate surface area is 175 Å². The third-order valence-electron chi connectivity index (χ3n) is 5.00. The Kier molecular flexibility index (Phi) is 4.80. The molecule has 30 heavy (non-hydrogen) atoms. The molecule has 0 radical (unpaired) electrons. The van der Waals surface area contributed by atoms with Gasteiger partial charge in [-0.15, -0.1) is 0 Å². The first-order valence-electron chi connectivity index (χ1n) is 9.86. The van der Waals surface area contributed by atoms with E-state index in [0.717, 1.165) is 39.6 Å². The van der Waals surface area contributed by atoms with E-state index in [1.54, 1.807) is 6.20 Å². The van der Waals surface area contributed by atoms with Crippen molar-refractivity contribution in [1.82, 2.24) is 19.5 Å². The first kappa shape index (κ1) is 17.9. The van der Waals surface area contributed by atoms with Crippen molar-refractivity contribution in [3.63, 3.8) is 0 Å². The number of nitrogens with one attached hydrogen (secondary N) is 1. The molecule has 0 aliphatic carbocycles. The van der Waals surface area contributed by atoms with Gasteiger partial charge in [-0.3, -0.25) is 4.57 Å². The van der Waals surface area contributed by atoms with Crippen LogP contribution in [0.15, 0.2) is 116 Å². The average Bonchev–Trinajstić information content (AvgIpc) is 3.51. The fraction of sp³-hybridized carbons (Fsp3) is 0. The van der Waals surface area contributed by atoms with Gasteiger partial charge in [-0.05, 0) is 16.7 Å². The van der Waals surface area contributed by atoms with Crippen molar-refractivity contribution in [2.75, 3.05) is 0 Å². The van der Waals surface area contributed by atoms with Gasteiger partial charge in [0, 0.05) is 30.4 Å². The summed E-state index contributed by atoms with van der Waals surface area (Å²) >= 11 is 0. The quantitative estimate of drug-likeness (QED) is 0.390. The number of aromatic nitrogens is 4. The molecule has 2 heterocycles. The monoisotopic (exact) mass is 388 g/mol. The van der Waals surface area contributed by atoms with Crippen LogP contribution in [0.25, 0.3) is 22.9 Å². The van der Waals surface area contributed by atoms with Crippen LogP contribution in [0.3, 0.4) is 0 Å². The van der Waals surface area contributed by atoms with Gasteiger partial charge in [0.1, 0.15) is 0 Å². The second kappa shape index (κ2) is 8.05. The van der Waals surface area contributed by atoms with E-state index in [9.17, 15) is 0 Å². The Morgan fingerprint density at radius 3 is 1.73 bits per heavy atom. The third kappa shape index (κ3) is 3.35. The smallest absolute Gasteiger partial charge is 0.180 e. The minimum absolute atomic E-state index is 0.730. The minimum Gasteiger partial charge on any atom is -0.342 e. The highest BCUT2D eigenvalue weighted by Gasteiger charge is 2.19. The molecule has 0 saturated heterocycles. The summed E-state index contributed by atoms with van der Waals surface area (Å²) in [6.07, 6.45) is 7.37. The van der Waals surface area contributed by atoms with Crippen LogP contribution in [0.1, 0.15) is 16.7 Å². The summed E-state index contributed by atoms with van der Waals surface area (Å²) in [5, 5.41) is 0. The highest BCUT2D eigenvalue weighted by atomic mass is 15.1. The molecular weight excluding hydrogens is 368 g/mol. The van der Waals surface area contributed by atoms with Crippen molar-refractivity contribution in [3.8, 4) is 11.6 Å². The molecule has 0 atom stereocenters. The van der Waals surface area contributed by atoms with Crippen molar-refractivity contribution in [1.29, 1.82) is 0 Å². The van der Waals surface area contributed by atoms with Crippen LogP contribution in [0.5, 0.6) is 0 Å². The maximum atomic E-state index is 4.61. The molecule has 0 aliphatic rings. The Morgan fingerprint density at radius 1 is 0.633 bits per heavy atom. The maximum absolute atomic E-state index is 4.61. The van der Waals surface area contributed by atoms with E-state index < -0.39 is 0 Å². The standard InChI is InChI=1S/C26H20N4/c1-4-10-20(11-5-1)23(21-12-6-2-7-13-21)24(22-14-8-3-9-15-22)30-19-18-29-26(30)25-27-16-17-28-25/h1-19H,(H,27,28). The predicted octanol–water partition coefficient (Wildman–Crippen LogP) is 5.74. The molecule has 0 fully saturated rings. The molecule has 3 aromatic carbocycles. The summed E-state index contributed by atoms with van der Waals surface area (Å²) in [4.78, 5) is 12.2. The normalized spacial score (nSPS) is 10.7. The van der Waals surface area contributed by atoms with Gasteiger partial charge in [0.15, 0.2) is 11.6 Å². The number of nitrogens with zero attached hydrogens (tertiary/aromatic N) is 3. The first-order valence-corrected chi connectivity index (χ1v) is 9.86. The fourth-order valence-corrected chi connectivity index (χ4v) is 3.70. The number of aromatic amines is 1. The van der Waals surface area contributed by atoms with Crippen LogP contribution < -0.4 is 0 Å². The van der Waals surface area contributed by atoms with E-state index in [1.165, 1.54) is 0 Å². The largest absolute Gasteiger partial charge is 0.342 e. The number of hydrogen-bond donors (Lipinski definition) is 1. The van der Waals surface area contributed by atoms with Gasteiger partial charge >= 0.3 is 0 Å². The van der Waals surface area contributed by atoms with Crippen LogP contribution in [-0.2, 0) is 0 Å². The maximum Gasteiger partial charge on any atom is 0.180 e. The van der Waals surface area contributed by atoms with Crippen LogP contribution in [0.4, 0.5) is 0 Å². The van der Waals surface area contributed by atoms with E-state index in [0.29, 0.717) is 0 Å². The summed E-state index contributed by atoms with van der Waals surface area (Å²) in [6.45, 7) is 0. The predicted molar refractivity (Wildman–Crippen MR) is 120 cm³/mol.